The SMILES string of the molecule is CCCCCCNC(=O)c1oc2ccccc2c1COC. The molecule has 0 bridgehead atoms. The lowest BCUT2D eigenvalue weighted by atomic mass is 10.1. The molecule has 0 fully saturated rings. The molecule has 21 heavy (non-hydrogen) atoms. The van der Waals surface area contributed by atoms with Crippen molar-refractivity contribution in [2.24, 2.45) is 0 Å². The molecule has 0 unspecified atom stereocenters. The third-order valence-corrected chi connectivity index (χ3v) is 3.51. The Bertz CT molecular complexity index is 589. The molecule has 4 heteroatoms. The summed E-state index contributed by atoms with van der Waals surface area (Å²) in [4.78, 5) is 12.3. The van der Waals surface area contributed by atoms with E-state index in [1.807, 2.05) is 24.3 Å². The van der Waals surface area contributed by atoms with Gasteiger partial charge in [0.25, 0.3) is 5.91 Å². The summed E-state index contributed by atoms with van der Waals surface area (Å²) in [6.45, 7) is 3.22. The molecule has 0 radical (unpaired) electrons. The van der Waals surface area contributed by atoms with Gasteiger partial charge in [-0.2, -0.15) is 0 Å². The molecule has 1 aromatic carbocycles. The summed E-state index contributed by atoms with van der Waals surface area (Å²) in [5.41, 5.74) is 1.54. The number of benzene rings is 1. The molecule has 0 saturated heterocycles. The van der Waals surface area contributed by atoms with Crippen LogP contribution in [0.15, 0.2) is 28.7 Å². The van der Waals surface area contributed by atoms with Gasteiger partial charge in [-0.15, -0.1) is 0 Å². The molecule has 2 rings (SSSR count). The smallest absolute Gasteiger partial charge is 0.287 e. The Morgan fingerprint density at radius 2 is 2.05 bits per heavy atom. The van der Waals surface area contributed by atoms with E-state index in [-0.39, 0.29) is 5.91 Å². The number of ether oxygens (including phenoxy) is 1. The number of carbonyl (C=O) groups is 1. The highest BCUT2D eigenvalue weighted by atomic mass is 16.5. The van der Waals surface area contributed by atoms with Crippen LogP contribution in [-0.2, 0) is 11.3 Å². The second kappa shape index (κ2) is 7.84. The number of nitrogens with one attached hydrogen (secondary N) is 1. The van der Waals surface area contributed by atoms with Crippen LogP contribution in [0.1, 0.15) is 48.7 Å². The van der Waals surface area contributed by atoms with Crippen LogP contribution in [-0.4, -0.2) is 19.6 Å². The van der Waals surface area contributed by atoms with Crippen molar-refractivity contribution < 1.29 is 13.9 Å². The third-order valence-electron chi connectivity index (χ3n) is 3.51. The minimum atomic E-state index is -0.158. The first kappa shape index (κ1) is 15.6. The number of carbonyl (C=O) groups excluding carboxylic acids is 1. The average molecular weight is 289 g/mol. The predicted molar refractivity (Wildman–Crippen MR) is 83.4 cm³/mol. The second-order valence-corrected chi connectivity index (χ2v) is 5.16. The van der Waals surface area contributed by atoms with Crippen molar-refractivity contribution >= 4 is 16.9 Å². The topological polar surface area (TPSA) is 51.5 Å². The van der Waals surface area contributed by atoms with Gasteiger partial charge in [0.05, 0.1) is 6.61 Å². The van der Waals surface area contributed by atoms with Crippen molar-refractivity contribution in [3.8, 4) is 0 Å². The Morgan fingerprint density at radius 3 is 2.81 bits per heavy atom. The van der Waals surface area contributed by atoms with Crippen LogP contribution >= 0.6 is 0 Å². The number of rotatable bonds is 8. The van der Waals surface area contributed by atoms with Gasteiger partial charge in [-0.3, -0.25) is 4.79 Å². The van der Waals surface area contributed by atoms with Crippen LogP contribution < -0.4 is 5.32 Å². The highest BCUT2D eigenvalue weighted by Gasteiger charge is 2.19. The molecule has 114 valence electrons. The summed E-state index contributed by atoms with van der Waals surface area (Å²) in [7, 11) is 1.62. The number of amides is 1. The number of furan rings is 1. The van der Waals surface area contributed by atoms with Crippen LogP contribution in [0, 0.1) is 0 Å². The van der Waals surface area contributed by atoms with Gasteiger partial charge in [0.15, 0.2) is 5.76 Å². The van der Waals surface area contributed by atoms with E-state index in [2.05, 4.69) is 12.2 Å². The molecule has 4 nitrogen and oxygen atoms in total. The van der Waals surface area contributed by atoms with Crippen molar-refractivity contribution in [2.45, 2.75) is 39.2 Å². The number of hydrogen-bond donors (Lipinski definition) is 1. The predicted octanol–water partition coefficient (Wildman–Crippen LogP) is 3.89. The van der Waals surface area contributed by atoms with E-state index in [0.29, 0.717) is 18.9 Å². The Hall–Kier alpha value is -1.81. The Kier molecular flexibility index (Phi) is 5.81. The molecule has 1 amide bonds. The number of fused-ring (bicyclic) bond motifs is 1. The first-order valence-corrected chi connectivity index (χ1v) is 7.55. The average Bonchev–Trinajstić information content (AvgIpc) is 2.86. The van der Waals surface area contributed by atoms with Gasteiger partial charge in [-0.1, -0.05) is 44.4 Å². The maximum Gasteiger partial charge on any atom is 0.287 e. The van der Waals surface area contributed by atoms with Crippen LogP contribution in [0.4, 0.5) is 0 Å². The zero-order valence-corrected chi connectivity index (χ0v) is 12.8. The molecular formula is C17H23NO3. The maximum atomic E-state index is 12.3. The number of hydrogen-bond acceptors (Lipinski definition) is 3. The zero-order chi connectivity index (χ0) is 15.1. The molecule has 1 aromatic heterocycles. The summed E-state index contributed by atoms with van der Waals surface area (Å²) < 4.78 is 10.9. The van der Waals surface area contributed by atoms with E-state index in [1.54, 1.807) is 7.11 Å². The van der Waals surface area contributed by atoms with Crippen molar-refractivity contribution in [1.82, 2.24) is 5.32 Å². The lowest BCUT2D eigenvalue weighted by molar-refractivity contribution is 0.0921. The molecule has 0 aliphatic carbocycles. The molecule has 0 aliphatic heterocycles. The Labute approximate surface area is 125 Å². The van der Waals surface area contributed by atoms with Gasteiger partial charge in [0.1, 0.15) is 5.58 Å². The molecule has 1 N–H and O–H groups in total. The number of para-hydroxylation sites is 1. The highest BCUT2D eigenvalue weighted by Crippen LogP contribution is 2.26. The summed E-state index contributed by atoms with van der Waals surface area (Å²) in [5, 5.41) is 3.87. The van der Waals surface area contributed by atoms with E-state index >= 15 is 0 Å². The molecule has 1 heterocycles. The first-order chi connectivity index (χ1) is 10.3. The largest absolute Gasteiger partial charge is 0.451 e. The van der Waals surface area contributed by atoms with Crippen molar-refractivity contribution in [1.29, 1.82) is 0 Å². The van der Waals surface area contributed by atoms with Gasteiger partial charge in [-0.05, 0) is 12.5 Å². The van der Waals surface area contributed by atoms with Crippen LogP contribution in [0.5, 0.6) is 0 Å². The van der Waals surface area contributed by atoms with Gasteiger partial charge >= 0.3 is 0 Å². The molecule has 0 spiro atoms. The fraction of sp³-hybridized carbons (Fsp3) is 0.471. The molecular weight excluding hydrogens is 266 g/mol. The Balaban J connectivity index is 2.09. The fourth-order valence-electron chi connectivity index (χ4n) is 2.40. The first-order valence-electron chi connectivity index (χ1n) is 7.55. The van der Waals surface area contributed by atoms with E-state index in [0.717, 1.165) is 29.4 Å². The molecule has 2 aromatic rings. The van der Waals surface area contributed by atoms with E-state index in [9.17, 15) is 4.79 Å². The van der Waals surface area contributed by atoms with Gasteiger partial charge in [0.2, 0.25) is 0 Å². The minimum absolute atomic E-state index is 0.158. The quantitative estimate of drug-likeness (QED) is 0.750. The van der Waals surface area contributed by atoms with Gasteiger partial charge < -0.3 is 14.5 Å². The normalized spacial score (nSPS) is 11.0. The van der Waals surface area contributed by atoms with E-state index in [1.165, 1.54) is 12.8 Å². The minimum Gasteiger partial charge on any atom is -0.451 e. The lowest BCUT2D eigenvalue weighted by Gasteiger charge is -2.05. The number of unbranched alkanes of at least 4 members (excludes halogenated alkanes) is 3. The monoisotopic (exact) mass is 289 g/mol. The Morgan fingerprint density at radius 1 is 1.24 bits per heavy atom. The van der Waals surface area contributed by atoms with Crippen molar-refractivity contribution in [2.75, 3.05) is 13.7 Å². The summed E-state index contributed by atoms with van der Waals surface area (Å²) >= 11 is 0. The van der Waals surface area contributed by atoms with E-state index < -0.39 is 0 Å². The second-order valence-electron chi connectivity index (χ2n) is 5.16. The van der Waals surface area contributed by atoms with Crippen molar-refractivity contribution in [3.05, 3.63) is 35.6 Å². The zero-order valence-electron chi connectivity index (χ0n) is 12.8. The number of methoxy groups -OCH3 is 1. The van der Waals surface area contributed by atoms with Gasteiger partial charge in [-0.25, -0.2) is 0 Å². The van der Waals surface area contributed by atoms with Crippen LogP contribution in [0.25, 0.3) is 11.0 Å². The molecule has 0 atom stereocenters. The summed E-state index contributed by atoms with van der Waals surface area (Å²) in [6, 6.07) is 7.65. The van der Waals surface area contributed by atoms with Crippen LogP contribution in [0.3, 0.4) is 0 Å². The highest BCUT2D eigenvalue weighted by molar-refractivity contribution is 5.99. The van der Waals surface area contributed by atoms with Crippen molar-refractivity contribution in [3.63, 3.8) is 0 Å². The summed E-state index contributed by atoms with van der Waals surface area (Å²) in [5.74, 6) is 0.211. The van der Waals surface area contributed by atoms with Crippen LogP contribution in [0.2, 0.25) is 0 Å². The fourth-order valence-corrected chi connectivity index (χ4v) is 2.40. The lowest BCUT2D eigenvalue weighted by Crippen LogP contribution is -2.25. The van der Waals surface area contributed by atoms with Gasteiger partial charge in [0, 0.05) is 24.6 Å². The molecule has 0 saturated carbocycles. The maximum absolute atomic E-state index is 12.3. The van der Waals surface area contributed by atoms with E-state index in [4.69, 9.17) is 9.15 Å². The third kappa shape index (κ3) is 3.85. The standard InChI is InChI=1S/C17H23NO3/c1-3-4-5-8-11-18-17(19)16-14(12-20-2)13-9-6-7-10-15(13)21-16/h6-7,9-10H,3-5,8,11-12H2,1-2H3,(H,18,19). The molecule has 0 aliphatic rings. The summed E-state index contributed by atoms with van der Waals surface area (Å²) in [6.07, 6.45) is 4.53.